The summed E-state index contributed by atoms with van der Waals surface area (Å²) in [6.07, 6.45) is 5.30. The van der Waals surface area contributed by atoms with Gasteiger partial charge >= 0.3 is 0 Å². The van der Waals surface area contributed by atoms with Gasteiger partial charge in [0.1, 0.15) is 12.6 Å². The predicted octanol–water partition coefficient (Wildman–Crippen LogP) is 5.11. The zero-order chi connectivity index (χ0) is 28.7. The molecular formula is C31H36ClN3O4S. The number of amides is 2. The summed E-state index contributed by atoms with van der Waals surface area (Å²) in [6.45, 7) is 1.60. The molecule has 0 bridgehead atoms. The minimum atomic E-state index is -3.79. The van der Waals surface area contributed by atoms with E-state index in [0.717, 1.165) is 52.9 Å². The van der Waals surface area contributed by atoms with Crippen molar-refractivity contribution in [3.63, 3.8) is 0 Å². The van der Waals surface area contributed by atoms with Gasteiger partial charge in [-0.3, -0.25) is 13.9 Å². The molecule has 0 aliphatic heterocycles. The highest BCUT2D eigenvalue weighted by atomic mass is 35.5. The summed E-state index contributed by atoms with van der Waals surface area (Å²) < 4.78 is 26.8. The lowest BCUT2D eigenvalue weighted by Crippen LogP contribution is -2.54. The lowest BCUT2D eigenvalue weighted by Gasteiger charge is -2.34. The van der Waals surface area contributed by atoms with Gasteiger partial charge < -0.3 is 10.2 Å². The van der Waals surface area contributed by atoms with Crippen molar-refractivity contribution < 1.29 is 18.0 Å². The van der Waals surface area contributed by atoms with Gasteiger partial charge in [-0.2, -0.15) is 0 Å². The van der Waals surface area contributed by atoms with Crippen LogP contribution in [0.15, 0.2) is 78.9 Å². The number of benzene rings is 3. The number of halogens is 1. The summed E-state index contributed by atoms with van der Waals surface area (Å²) in [5.41, 5.74) is 3.05. The standard InChI is InChI=1S/C31H36ClN3O4S/c1-23-12-18-28(19-13-23)35(40(2,38)39)22-30(36)34(21-25-14-16-26(32)17-15-25)29(20-24-8-4-3-5-9-24)31(37)33-27-10-6-7-11-27/h3-5,8-9,12-19,27,29H,6-7,10-11,20-22H2,1-2H3,(H,33,37)/t29-/m0/s1. The summed E-state index contributed by atoms with van der Waals surface area (Å²) in [7, 11) is -3.79. The van der Waals surface area contributed by atoms with Crippen LogP contribution in [0.25, 0.3) is 0 Å². The number of rotatable bonds is 11. The molecule has 2 amide bonds. The van der Waals surface area contributed by atoms with Gasteiger partial charge in [-0.15, -0.1) is 0 Å². The third-order valence-corrected chi connectivity index (χ3v) is 8.63. The largest absolute Gasteiger partial charge is 0.352 e. The molecule has 40 heavy (non-hydrogen) atoms. The number of aryl methyl sites for hydroxylation is 1. The van der Waals surface area contributed by atoms with E-state index in [1.807, 2.05) is 49.4 Å². The van der Waals surface area contributed by atoms with Crippen molar-refractivity contribution in [3.8, 4) is 0 Å². The van der Waals surface area contributed by atoms with E-state index >= 15 is 0 Å². The van der Waals surface area contributed by atoms with Gasteiger partial charge in [-0.05, 0) is 55.2 Å². The summed E-state index contributed by atoms with van der Waals surface area (Å²) >= 11 is 6.11. The number of carbonyl (C=O) groups is 2. The molecule has 0 saturated heterocycles. The Balaban J connectivity index is 1.71. The van der Waals surface area contributed by atoms with Gasteiger partial charge in [0.05, 0.1) is 11.9 Å². The summed E-state index contributed by atoms with van der Waals surface area (Å²) in [4.78, 5) is 29.4. The van der Waals surface area contributed by atoms with Crippen LogP contribution in [-0.2, 0) is 32.6 Å². The molecule has 1 fully saturated rings. The van der Waals surface area contributed by atoms with Crippen molar-refractivity contribution in [2.45, 2.75) is 57.7 Å². The lowest BCUT2D eigenvalue weighted by atomic mass is 10.0. The van der Waals surface area contributed by atoms with Crippen LogP contribution in [0.2, 0.25) is 5.02 Å². The number of nitrogens with zero attached hydrogens (tertiary/aromatic N) is 2. The number of carbonyl (C=O) groups excluding carboxylic acids is 2. The van der Waals surface area contributed by atoms with Crippen molar-refractivity contribution in [1.82, 2.24) is 10.2 Å². The summed E-state index contributed by atoms with van der Waals surface area (Å²) in [5, 5.41) is 3.72. The van der Waals surface area contributed by atoms with Gasteiger partial charge in [0.25, 0.3) is 0 Å². The zero-order valence-electron chi connectivity index (χ0n) is 22.9. The van der Waals surface area contributed by atoms with E-state index < -0.39 is 28.5 Å². The number of anilines is 1. The quantitative estimate of drug-likeness (QED) is 0.341. The van der Waals surface area contributed by atoms with Crippen LogP contribution in [0.3, 0.4) is 0 Å². The molecule has 0 heterocycles. The molecule has 3 aromatic rings. The van der Waals surface area contributed by atoms with Crippen molar-refractivity contribution in [2.75, 3.05) is 17.1 Å². The van der Waals surface area contributed by atoms with Crippen LogP contribution in [-0.4, -0.2) is 50.0 Å². The van der Waals surface area contributed by atoms with Crippen LogP contribution < -0.4 is 9.62 Å². The normalized spacial score (nSPS) is 14.5. The second-order valence-corrected chi connectivity index (χ2v) is 12.8. The van der Waals surface area contributed by atoms with Gasteiger partial charge in [0.15, 0.2) is 0 Å². The molecule has 1 atom stereocenters. The molecule has 4 rings (SSSR count). The maximum atomic E-state index is 14.1. The molecule has 0 radical (unpaired) electrons. The molecule has 9 heteroatoms. The third kappa shape index (κ3) is 8.08. The second-order valence-electron chi connectivity index (χ2n) is 10.4. The highest BCUT2D eigenvalue weighted by Gasteiger charge is 2.34. The van der Waals surface area contributed by atoms with Gasteiger partial charge in [-0.25, -0.2) is 8.42 Å². The highest BCUT2D eigenvalue weighted by Crippen LogP contribution is 2.23. The van der Waals surface area contributed by atoms with Crippen molar-refractivity contribution in [2.24, 2.45) is 0 Å². The van der Waals surface area contributed by atoms with E-state index in [0.29, 0.717) is 17.1 Å². The maximum Gasteiger partial charge on any atom is 0.244 e. The first-order valence-corrected chi connectivity index (χ1v) is 15.8. The van der Waals surface area contributed by atoms with Crippen LogP contribution in [0.5, 0.6) is 0 Å². The molecule has 212 valence electrons. The summed E-state index contributed by atoms with van der Waals surface area (Å²) in [5.74, 6) is -0.706. The van der Waals surface area contributed by atoms with E-state index in [1.54, 1.807) is 36.4 Å². The first-order valence-electron chi connectivity index (χ1n) is 13.5. The van der Waals surface area contributed by atoms with E-state index in [2.05, 4.69) is 5.32 Å². The van der Waals surface area contributed by atoms with Crippen molar-refractivity contribution in [1.29, 1.82) is 0 Å². The Morgan fingerprint density at radius 1 is 0.925 bits per heavy atom. The lowest BCUT2D eigenvalue weighted by molar-refractivity contribution is -0.140. The molecular weight excluding hydrogens is 546 g/mol. The molecule has 1 aliphatic carbocycles. The van der Waals surface area contributed by atoms with E-state index in [-0.39, 0.29) is 18.5 Å². The van der Waals surface area contributed by atoms with Gasteiger partial charge in [-0.1, -0.05) is 84.6 Å². The van der Waals surface area contributed by atoms with Gasteiger partial charge in [0, 0.05) is 24.0 Å². The SMILES string of the molecule is Cc1ccc(N(CC(=O)N(Cc2ccc(Cl)cc2)[C@@H](Cc2ccccc2)C(=O)NC2CCCC2)S(C)(=O)=O)cc1. The second kappa shape index (κ2) is 13.3. The maximum absolute atomic E-state index is 14.1. The first kappa shape index (κ1) is 29.6. The van der Waals surface area contributed by atoms with E-state index in [4.69, 9.17) is 11.6 Å². The minimum absolute atomic E-state index is 0.0679. The number of sulfonamides is 1. The molecule has 1 N–H and O–H groups in total. The van der Waals surface area contributed by atoms with E-state index in [9.17, 15) is 18.0 Å². The number of hydrogen-bond acceptors (Lipinski definition) is 4. The molecule has 3 aromatic carbocycles. The van der Waals surface area contributed by atoms with Gasteiger partial charge in [0.2, 0.25) is 21.8 Å². The highest BCUT2D eigenvalue weighted by molar-refractivity contribution is 7.92. The Labute approximate surface area is 242 Å². The zero-order valence-corrected chi connectivity index (χ0v) is 24.5. The number of hydrogen-bond donors (Lipinski definition) is 1. The topological polar surface area (TPSA) is 86.8 Å². The van der Waals surface area contributed by atoms with Crippen molar-refractivity contribution in [3.05, 3.63) is 101 Å². The smallest absolute Gasteiger partial charge is 0.244 e. The number of nitrogens with one attached hydrogen (secondary N) is 1. The van der Waals surface area contributed by atoms with Crippen molar-refractivity contribution >= 4 is 39.1 Å². The summed E-state index contributed by atoms with van der Waals surface area (Å²) in [6, 6.07) is 22.8. The Hall–Kier alpha value is -3.36. The monoisotopic (exact) mass is 581 g/mol. The van der Waals surface area contributed by atoms with Crippen LogP contribution in [0.4, 0.5) is 5.69 Å². The molecule has 0 spiro atoms. The predicted molar refractivity (Wildman–Crippen MR) is 160 cm³/mol. The van der Waals surface area contributed by atoms with Crippen LogP contribution >= 0.6 is 11.6 Å². The van der Waals surface area contributed by atoms with Crippen LogP contribution in [0, 0.1) is 6.92 Å². The average Bonchev–Trinajstić information content (AvgIpc) is 3.44. The van der Waals surface area contributed by atoms with E-state index in [1.165, 1.54) is 4.90 Å². The molecule has 1 saturated carbocycles. The fourth-order valence-corrected chi connectivity index (χ4v) is 6.01. The first-order chi connectivity index (χ1) is 19.1. The van der Waals surface area contributed by atoms with Crippen LogP contribution in [0.1, 0.15) is 42.4 Å². The Kier molecular flexibility index (Phi) is 9.87. The fraction of sp³-hybridized carbons (Fsp3) is 0.355. The molecule has 0 aromatic heterocycles. The molecule has 0 unspecified atom stereocenters. The fourth-order valence-electron chi connectivity index (χ4n) is 5.03. The Morgan fingerprint density at radius 2 is 1.55 bits per heavy atom. The molecule has 1 aliphatic rings. The molecule has 7 nitrogen and oxygen atoms in total. The minimum Gasteiger partial charge on any atom is -0.352 e. The average molecular weight is 582 g/mol. The Morgan fingerprint density at radius 3 is 2.15 bits per heavy atom. The third-order valence-electron chi connectivity index (χ3n) is 7.24. The Bertz CT molecular complexity index is 1390.